The molecule has 29 heavy (non-hydrogen) atoms. The minimum atomic E-state index is -0.395. The van der Waals surface area contributed by atoms with Gasteiger partial charge in [0.05, 0.1) is 5.70 Å². The van der Waals surface area contributed by atoms with Gasteiger partial charge >= 0.3 is 6.09 Å². The average molecular weight is 397 g/mol. The van der Waals surface area contributed by atoms with Gasteiger partial charge in [-0.25, -0.2) is 4.79 Å². The molecule has 3 aliphatic rings. The van der Waals surface area contributed by atoms with Crippen LogP contribution in [-0.2, 0) is 11.3 Å². The van der Waals surface area contributed by atoms with Crippen molar-refractivity contribution in [2.24, 2.45) is 5.92 Å². The molecule has 3 fully saturated rings. The van der Waals surface area contributed by atoms with Crippen molar-refractivity contribution in [2.75, 3.05) is 19.6 Å². The van der Waals surface area contributed by atoms with Crippen molar-refractivity contribution in [3.8, 4) is 0 Å². The lowest BCUT2D eigenvalue weighted by Gasteiger charge is -2.39. The first-order chi connectivity index (χ1) is 14.2. The van der Waals surface area contributed by atoms with Crippen LogP contribution in [0.1, 0.15) is 70.3 Å². The van der Waals surface area contributed by atoms with Crippen LogP contribution in [0.3, 0.4) is 0 Å². The summed E-state index contributed by atoms with van der Waals surface area (Å²) in [5.74, 6) is 0.634. The zero-order valence-electron chi connectivity index (χ0n) is 17.9. The van der Waals surface area contributed by atoms with E-state index in [0.717, 1.165) is 51.9 Å². The molecule has 0 radical (unpaired) electrons. The molecule has 0 atom stereocenters. The van der Waals surface area contributed by atoms with Gasteiger partial charge in [-0.1, -0.05) is 69.0 Å². The molecule has 2 saturated heterocycles. The number of benzene rings is 1. The summed E-state index contributed by atoms with van der Waals surface area (Å²) in [4.78, 5) is 17.4. The van der Waals surface area contributed by atoms with Crippen LogP contribution in [0.5, 0.6) is 0 Å². The number of nitrogens with zero attached hydrogens (tertiary/aromatic N) is 2. The zero-order valence-corrected chi connectivity index (χ0v) is 17.9. The molecule has 4 nitrogen and oxygen atoms in total. The Bertz CT molecular complexity index is 701. The molecule has 4 rings (SSSR count). The van der Waals surface area contributed by atoms with Crippen LogP contribution in [0.25, 0.3) is 0 Å². The molecule has 1 aliphatic carbocycles. The maximum Gasteiger partial charge on any atom is 0.415 e. The normalized spacial score (nSPS) is 24.4. The Kier molecular flexibility index (Phi) is 6.59. The number of carbonyl (C=O) groups is 1. The standard InChI is InChI=1S/C25H36N2O2/c1-2-3-14-23-25(29-24(28)27(23)20-22-12-8-5-9-13-22)15-17-26(18-16-25)19-21-10-6-4-7-11-21/h4,6-7,10-11,14,22H,2-3,5,8-9,12-13,15-20H2,1H3. The summed E-state index contributed by atoms with van der Waals surface area (Å²) in [7, 11) is 0. The number of carbonyl (C=O) groups excluding carboxylic acids is 1. The molecule has 158 valence electrons. The van der Waals surface area contributed by atoms with Crippen LogP contribution in [-0.4, -0.2) is 41.1 Å². The Hall–Kier alpha value is -1.81. The topological polar surface area (TPSA) is 32.8 Å². The Morgan fingerprint density at radius 2 is 1.83 bits per heavy atom. The Morgan fingerprint density at radius 1 is 1.10 bits per heavy atom. The summed E-state index contributed by atoms with van der Waals surface area (Å²) in [5.41, 5.74) is 2.13. The number of piperidine rings is 1. The molecule has 0 bridgehead atoms. The van der Waals surface area contributed by atoms with Gasteiger partial charge in [-0.05, 0) is 30.7 Å². The van der Waals surface area contributed by atoms with Crippen molar-refractivity contribution in [3.05, 3.63) is 47.7 Å². The summed E-state index contributed by atoms with van der Waals surface area (Å²) < 4.78 is 6.14. The van der Waals surface area contributed by atoms with Crippen LogP contribution in [0.4, 0.5) is 4.79 Å². The molecule has 0 unspecified atom stereocenters. The van der Waals surface area contributed by atoms with E-state index in [9.17, 15) is 4.79 Å². The number of ether oxygens (including phenoxy) is 1. The van der Waals surface area contributed by atoms with Crippen LogP contribution < -0.4 is 0 Å². The molecule has 1 saturated carbocycles. The summed E-state index contributed by atoms with van der Waals surface area (Å²) in [6, 6.07) is 10.7. The largest absolute Gasteiger partial charge is 0.436 e. The molecule has 2 aliphatic heterocycles. The fourth-order valence-corrected chi connectivity index (χ4v) is 5.27. The Morgan fingerprint density at radius 3 is 2.52 bits per heavy atom. The molecule has 0 N–H and O–H groups in total. The summed E-state index contributed by atoms with van der Waals surface area (Å²) in [6.07, 6.45) is 12.6. The highest BCUT2D eigenvalue weighted by atomic mass is 16.6. The lowest BCUT2D eigenvalue weighted by Crippen LogP contribution is -2.45. The number of amides is 1. The van der Waals surface area contributed by atoms with Crippen LogP contribution in [0, 0.1) is 5.92 Å². The van der Waals surface area contributed by atoms with Crippen LogP contribution in [0.15, 0.2) is 42.1 Å². The van der Waals surface area contributed by atoms with E-state index in [4.69, 9.17) is 4.74 Å². The third-order valence-corrected chi connectivity index (χ3v) is 6.97. The van der Waals surface area contributed by atoms with Crippen LogP contribution in [0.2, 0.25) is 0 Å². The second kappa shape index (κ2) is 9.34. The molecule has 2 heterocycles. The molecule has 1 spiro atoms. The lowest BCUT2D eigenvalue weighted by atomic mass is 9.85. The fraction of sp³-hybridized carbons (Fsp3) is 0.640. The SMILES string of the molecule is CCCC=C1N(CC2CCCCC2)C(=O)OC12CCN(Cc1ccccc1)CC2. The first kappa shape index (κ1) is 20.5. The van der Waals surface area contributed by atoms with E-state index < -0.39 is 5.60 Å². The second-order valence-corrected chi connectivity index (χ2v) is 9.12. The number of rotatable bonds is 6. The van der Waals surface area contributed by atoms with Crippen molar-refractivity contribution < 1.29 is 9.53 Å². The molecule has 4 heteroatoms. The van der Waals surface area contributed by atoms with E-state index >= 15 is 0 Å². The fourth-order valence-electron chi connectivity index (χ4n) is 5.27. The van der Waals surface area contributed by atoms with E-state index in [1.165, 1.54) is 43.4 Å². The summed E-state index contributed by atoms with van der Waals surface area (Å²) >= 11 is 0. The molecule has 1 aromatic carbocycles. The monoisotopic (exact) mass is 396 g/mol. The van der Waals surface area contributed by atoms with E-state index in [-0.39, 0.29) is 6.09 Å². The Labute approximate surface area is 175 Å². The minimum Gasteiger partial charge on any atom is -0.436 e. The summed E-state index contributed by atoms with van der Waals surface area (Å²) in [6.45, 7) is 5.98. The van der Waals surface area contributed by atoms with Crippen molar-refractivity contribution in [1.29, 1.82) is 0 Å². The molecule has 1 amide bonds. The number of allylic oxidation sites excluding steroid dienone is 1. The third kappa shape index (κ3) is 4.69. The van der Waals surface area contributed by atoms with Gasteiger partial charge in [-0.15, -0.1) is 0 Å². The molecule has 1 aromatic rings. The van der Waals surface area contributed by atoms with E-state index in [2.05, 4.69) is 48.2 Å². The molecule has 0 aromatic heterocycles. The average Bonchev–Trinajstić information content (AvgIpc) is 3.00. The van der Waals surface area contributed by atoms with Crippen LogP contribution >= 0.6 is 0 Å². The maximum absolute atomic E-state index is 12.9. The number of hydrogen-bond donors (Lipinski definition) is 0. The second-order valence-electron chi connectivity index (χ2n) is 9.12. The number of likely N-dealkylation sites (tertiary alicyclic amines) is 1. The van der Waals surface area contributed by atoms with Gasteiger partial charge in [-0.2, -0.15) is 0 Å². The Balaban J connectivity index is 1.45. The first-order valence-electron chi connectivity index (χ1n) is 11.7. The smallest absolute Gasteiger partial charge is 0.415 e. The number of unbranched alkanes of at least 4 members (excludes halogenated alkanes) is 1. The highest BCUT2D eigenvalue weighted by molar-refractivity contribution is 5.75. The van der Waals surface area contributed by atoms with E-state index in [0.29, 0.717) is 5.92 Å². The van der Waals surface area contributed by atoms with E-state index in [1.807, 2.05) is 4.90 Å². The maximum atomic E-state index is 12.9. The van der Waals surface area contributed by atoms with Gasteiger partial charge in [0.25, 0.3) is 0 Å². The van der Waals surface area contributed by atoms with Gasteiger partial charge in [0.1, 0.15) is 0 Å². The minimum absolute atomic E-state index is 0.102. The van der Waals surface area contributed by atoms with Crippen molar-refractivity contribution in [2.45, 2.75) is 76.9 Å². The summed E-state index contributed by atoms with van der Waals surface area (Å²) in [5, 5.41) is 0. The van der Waals surface area contributed by atoms with Crippen molar-refractivity contribution in [3.63, 3.8) is 0 Å². The van der Waals surface area contributed by atoms with E-state index in [1.54, 1.807) is 0 Å². The molecular weight excluding hydrogens is 360 g/mol. The molecular formula is C25H36N2O2. The number of hydrogen-bond acceptors (Lipinski definition) is 3. The van der Waals surface area contributed by atoms with Crippen molar-refractivity contribution >= 4 is 6.09 Å². The van der Waals surface area contributed by atoms with Gasteiger partial charge in [0.2, 0.25) is 0 Å². The van der Waals surface area contributed by atoms with Gasteiger partial charge in [0, 0.05) is 39.0 Å². The third-order valence-electron chi connectivity index (χ3n) is 6.97. The van der Waals surface area contributed by atoms with Gasteiger partial charge < -0.3 is 4.74 Å². The quantitative estimate of drug-likeness (QED) is 0.615. The van der Waals surface area contributed by atoms with Gasteiger partial charge in [0.15, 0.2) is 5.60 Å². The van der Waals surface area contributed by atoms with Gasteiger partial charge in [-0.3, -0.25) is 9.80 Å². The predicted molar refractivity (Wildman–Crippen MR) is 116 cm³/mol. The highest BCUT2D eigenvalue weighted by Gasteiger charge is 2.51. The first-order valence-corrected chi connectivity index (χ1v) is 11.7. The predicted octanol–water partition coefficient (Wildman–Crippen LogP) is 5.74. The zero-order chi connectivity index (χ0) is 20.1. The van der Waals surface area contributed by atoms with Crippen molar-refractivity contribution in [1.82, 2.24) is 9.80 Å². The highest BCUT2D eigenvalue weighted by Crippen LogP contribution is 2.43. The lowest BCUT2D eigenvalue weighted by molar-refractivity contribution is 0.0123.